The Morgan fingerprint density at radius 2 is 1.88 bits per heavy atom. The van der Waals surface area contributed by atoms with E-state index in [0.717, 1.165) is 0 Å². The number of rotatable bonds is 1. The van der Waals surface area contributed by atoms with Crippen LogP contribution in [-0.2, 0) is 0 Å². The number of carbonyl (C=O) groups excluding carboxylic acids is 1. The van der Waals surface area contributed by atoms with Gasteiger partial charge in [0.25, 0.3) is 5.91 Å². The van der Waals surface area contributed by atoms with Crippen molar-refractivity contribution in [1.29, 1.82) is 0 Å². The van der Waals surface area contributed by atoms with Gasteiger partial charge in [0.2, 0.25) is 5.75 Å². The van der Waals surface area contributed by atoms with Crippen molar-refractivity contribution in [2.45, 2.75) is 36.7 Å². The maximum absolute atomic E-state index is 12.6. The number of methoxy groups -OCH3 is 1. The molecule has 1 aromatic rings. The molecule has 0 radical (unpaired) electrons. The second-order valence-corrected chi connectivity index (χ2v) is 6.29. The predicted octanol–water partition coefficient (Wildman–Crippen LogP) is -0.852. The van der Waals surface area contributed by atoms with E-state index in [-0.39, 0.29) is 12.3 Å². The lowest BCUT2D eigenvalue weighted by molar-refractivity contribution is -0.104. The molecule has 3 aliphatic rings. The molecule has 1 fully saturated rings. The van der Waals surface area contributed by atoms with Crippen molar-refractivity contribution in [2.24, 2.45) is 0 Å². The molecule has 2 aliphatic heterocycles. The van der Waals surface area contributed by atoms with Crippen LogP contribution in [0.5, 0.6) is 17.2 Å². The van der Waals surface area contributed by atoms with E-state index in [4.69, 9.17) is 14.2 Å². The zero-order valence-corrected chi connectivity index (χ0v) is 13.1. The standard InChI is InChI=1S/C16H19NO7/c1-22-9-5-6-7-4-8(18)12(19)13(20)11(7)17-16(21)10(6)15-14(9)23-2-3-24-15/h5,7-8,11-13,18-20H,2-4H2,1H3,(H,17,21)/t7-,8+,11-,12-,13+/m0/s1. The number of aliphatic hydroxyl groups excluding tert-OH is 3. The van der Waals surface area contributed by atoms with E-state index in [1.54, 1.807) is 6.07 Å². The molecule has 8 heteroatoms. The van der Waals surface area contributed by atoms with Gasteiger partial charge in [0.05, 0.1) is 24.8 Å². The Labute approximate surface area is 137 Å². The number of carbonyl (C=O) groups is 1. The smallest absolute Gasteiger partial charge is 0.255 e. The largest absolute Gasteiger partial charge is 0.493 e. The summed E-state index contributed by atoms with van der Waals surface area (Å²) in [6.07, 6.45) is -3.43. The molecule has 4 N–H and O–H groups in total. The van der Waals surface area contributed by atoms with Crippen LogP contribution >= 0.6 is 0 Å². The van der Waals surface area contributed by atoms with Crippen LogP contribution in [0.15, 0.2) is 6.07 Å². The summed E-state index contributed by atoms with van der Waals surface area (Å²) in [4.78, 5) is 12.6. The third kappa shape index (κ3) is 2.07. The van der Waals surface area contributed by atoms with Gasteiger partial charge < -0.3 is 34.8 Å². The van der Waals surface area contributed by atoms with Crippen molar-refractivity contribution in [3.63, 3.8) is 0 Å². The first kappa shape index (κ1) is 15.5. The average Bonchev–Trinajstić information content (AvgIpc) is 2.60. The summed E-state index contributed by atoms with van der Waals surface area (Å²) in [5.74, 6) is 0.371. The molecule has 1 aromatic carbocycles. The topological polar surface area (TPSA) is 117 Å². The zero-order chi connectivity index (χ0) is 17.0. The van der Waals surface area contributed by atoms with Gasteiger partial charge in [-0.05, 0) is 18.1 Å². The molecule has 0 saturated heterocycles. The van der Waals surface area contributed by atoms with Crippen molar-refractivity contribution < 1.29 is 34.3 Å². The van der Waals surface area contributed by atoms with Crippen LogP contribution in [0.4, 0.5) is 0 Å². The molecule has 1 amide bonds. The molecule has 4 rings (SSSR count). The van der Waals surface area contributed by atoms with E-state index in [2.05, 4.69) is 5.32 Å². The molecular formula is C16H19NO7. The number of benzene rings is 1. The van der Waals surface area contributed by atoms with Crippen LogP contribution in [0.2, 0.25) is 0 Å². The van der Waals surface area contributed by atoms with Crippen molar-refractivity contribution in [3.8, 4) is 17.2 Å². The molecule has 0 spiro atoms. The number of ether oxygens (including phenoxy) is 3. The number of hydrogen-bond donors (Lipinski definition) is 4. The maximum atomic E-state index is 12.6. The molecule has 24 heavy (non-hydrogen) atoms. The van der Waals surface area contributed by atoms with Gasteiger partial charge in [-0.25, -0.2) is 0 Å². The Balaban J connectivity index is 1.88. The number of aliphatic hydroxyl groups is 3. The zero-order valence-electron chi connectivity index (χ0n) is 13.1. The predicted molar refractivity (Wildman–Crippen MR) is 80.6 cm³/mol. The SMILES string of the molecule is COc1cc2c(c3c1OCCO3)C(=O)N[C@@H]1[C@@H](O)[C@@H](O)[C@H](O)C[C@@H]21. The molecular weight excluding hydrogens is 318 g/mol. The van der Waals surface area contributed by atoms with Crippen molar-refractivity contribution in [3.05, 3.63) is 17.2 Å². The number of hydrogen-bond acceptors (Lipinski definition) is 7. The van der Waals surface area contributed by atoms with Gasteiger partial charge in [0.15, 0.2) is 11.5 Å². The second-order valence-electron chi connectivity index (χ2n) is 6.29. The van der Waals surface area contributed by atoms with Gasteiger partial charge in [0.1, 0.15) is 25.4 Å². The average molecular weight is 337 g/mol. The maximum Gasteiger partial charge on any atom is 0.255 e. The summed E-state index contributed by atoms with van der Waals surface area (Å²) in [6, 6.07) is 1.01. The minimum atomic E-state index is -1.30. The minimum absolute atomic E-state index is 0.207. The lowest BCUT2D eigenvalue weighted by atomic mass is 9.72. The van der Waals surface area contributed by atoms with Crippen LogP contribution in [0.25, 0.3) is 0 Å². The third-order valence-corrected chi connectivity index (χ3v) is 4.99. The summed E-state index contributed by atoms with van der Waals surface area (Å²) in [6.45, 7) is 0.678. The van der Waals surface area contributed by atoms with Crippen LogP contribution in [-0.4, -0.2) is 65.9 Å². The fraction of sp³-hybridized carbons (Fsp3) is 0.562. The summed E-state index contributed by atoms with van der Waals surface area (Å²) in [5.41, 5.74) is 0.956. The summed E-state index contributed by atoms with van der Waals surface area (Å²) in [7, 11) is 1.49. The molecule has 1 saturated carbocycles. The van der Waals surface area contributed by atoms with Gasteiger partial charge in [-0.2, -0.15) is 0 Å². The van der Waals surface area contributed by atoms with Crippen molar-refractivity contribution in [1.82, 2.24) is 5.32 Å². The molecule has 8 nitrogen and oxygen atoms in total. The monoisotopic (exact) mass is 337 g/mol. The first-order valence-electron chi connectivity index (χ1n) is 7.88. The Bertz CT molecular complexity index is 691. The second kappa shape index (κ2) is 5.51. The highest BCUT2D eigenvalue weighted by Gasteiger charge is 2.49. The van der Waals surface area contributed by atoms with Crippen LogP contribution in [0, 0.1) is 0 Å². The van der Waals surface area contributed by atoms with E-state index in [9.17, 15) is 20.1 Å². The van der Waals surface area contributed by atoms with E-state index in [1.165, 1.54) is 7.11 Å². The fourth-order valence-electron chi connectivity index (χ4n) is 3.83. The molecule has 0 bridgehead atoms. The Kier molecular flexibility index (Phi) is 3.56. The van der Waals surface area contributed by atoms with Gasteiger partial charge >= 0.3 is 0 Å². The minimum Gasteiger partial charge on any atom is -0.493 e. The third-order valence-electron chi connectivity index (χ3n) is 4.99. The Hall–Kier alpha value is -2.03. The van der Waals surface area contributed by atoms with Crippen LogP contribution in [0.3, 0.4) is 0 Å². The lowest BCUT2D eigenvalue weighted by Gasteiger charge is -2.45. The Morgan fingerprint density at radius 1 is 1.17 bits per heavy atom. The van der Waals surface area contributed by atoms with Gasteiger partial charge in [-0.3, -0.25) is 4.79 Å². The van der Waals surface area contributed by atoms with Crippen molar-refractivity contribution in [2.75, 3.05) is 20.3 Å². The number of fused-ring (bicyclic) bond motifs is 5. The molecule has 2 heterocycles. The summed E-state index contributed by atoms with van der Waals surface area (Å²) >= 11 is 0. The van der Waals surface area contributed by atoms with E-state index < -0.39 is 30.3 Å². The van der Waals surface area contributed by atoms with Gasteiger partial charge in [0, 0.05) is 5.92 Å². The summed E-state index contributed by atoms with van der Waals surface area (Å²) < 4.78 is 16.6. The first-order chi connectivity index (χ1) is 11.5. The highest BCUT2D eigenvalue weighted by molar-refractivity contribution is 6.01. The molecule has 0 unspecified atom stereocenters. The molecule has 0 aromatic heterocycles. The van der Waals surface area contributed by atoms with E-state index in [0.29, 0.717) is 41.6 Å². The lowest BCUT2D eigenvalue weighted by Crippen LogP contribution is -2.61. The molecule has 130 valence electrons. The van der Waals surface area contributed by atoms with E-state index >= 15 is 0 Å². The first-order valence-corrected chi connectivity index (χ1v) is 7.88. The fourth-order valence-corrected chi connectivity index (χ4v) is 3.83. The molecule has 5 atom stereocenters. The van der Waals surface area contributed by atoms with Crippen LogP contribution < -0.4 is 19.5 Å². The van der Waals surface area contributed by atoms with Gasteiger partial charge in [-0.15, -0.1) is 0 Å². The highest BCUT2D eigenvalue weighted by atomic mass is 16.6. The van der Waals surface area contributed by atoms with E-state index in [1.807, 2.05) is 0 Å². The van der Waals surface area contributed by atoms with Gasteiger partial charge in [-0.1, -0.05) is 0 Å². The van der Waals surface area contributed by atoms with Crippen molar-refractivity contribution >= 4 is 5.91 Å². The van der Waals surface area contributed by atoms with Crippen LogP contribution in [0.1, 0.15) is 28.3 Å². The Morgan fingerprint density at radius 3 is 2.58 bits per heavy atom. The summed E-state index contributed by atoms with van der Waals surface area (Å²) in [5, 5.41) is 32.9. The number of amides is 1. The number of nitrogens with one attached hydrogen (secondary N) is 1. The highest BCUT2D eigenvalue weighted by Crippen LogP contribution is 2.49. The quantitative estimate of drug-likeness (QED) is 0.527. The molecule has 1 aliphatic carbocycles. The normalized spacial score (nSPS) is 34.0.